The van der Waals surface area contributed by atoms with Gasteiger partial charge in [-0.15, -0.1) is 0 Å². The summed E-state index contributed by atoms with van der Waals surface area (Å²) >= 11 is 6.36. The van der Waals surface area contributed by atoms with E-state index in [-0.39, 0.29) is 35.1 Å². The number of rotatable bonds is 5. The number of nitrogen functional groups attached to an aromatic ring is 2. The molecule has 0 bridgehead atoms. The molecule has 1 atom stereocenters. The molecule has 0 radical (unpaired) electrons. The summed E-state index contributed by atoms with van der Waals surface area (Å²) in [5, 5.41) is 0.0181. The SMILES string of the molecule is Nc1ncc(Cc2cc(OCC(F)(F)F)c(Cl)c3c2C=CC(C2CC2)O3)c(N)n1. The zero-order chi connectivity index (χ0) is 20.8. The van der Waals surface area contributed by atoms with E-state index in [2.05, 4.69) is 9.97 Å². The van der Waals surface area contributed by atoms with E-state index in [0.717, 1.165) is 12.8 Å². The normalized spacial score (nSPS) is 18.3. The van der Waals surface area contributed by atoms with Crippen molar-refractivity contribution in [2.45, 2.75) is 31.5 Å². The predicted octanol–water partition coefficient (Wildman–Crippen LogP) is 4.01. The summed E-state index contributed by atoms with van der Waals surface area (Å²) in [7, 11) is 0. The zero-order valence-corrected chi connectivity index (χ0v) is 15.9. The van der Waals surface area contributed by atoms with Gasteiger partial charge in [0, 0.05) is 23.7 Å². The molecule has 1 aromatic heterocycles. The van der Waals surface area contributed by atoms with Gasteiger partial charge in [-0.25, -0.2) is 4.98 Å². The van der Waals surface area contributed by atoms with Crippen LogP contribution in [0.3, 0.4) is 0 Å². The molecule has 1 aromatic carbocycles. The van der Waals surface area contributed by atoms with Crippen LogP contribution in [0.2, 0.25) is 5.02 Å². The third kappa shape index (κ3) is 4.34. The van der Waals surface area contributed by atoms with Gasteiger partial charge in [-0.05, 0) is 36.5 Å². The van der Waals surface area contributed by atoms with Gasteiger partial charge in [0.2, 0.25) is 5.95 Å². The van der Waals surface area contributed by atoms with Crippen molar-refractivity contribution < 1.29 is 22.6 Å². The van der Waals surface area contributed by atoms with Crippen LogP contribution < -0.4 is 20.9 Å². The quantitative estimate of drug-likeness (QED) is 0.749. The van der Waals surface area contributed by atoms with Crippen LogP contribution in [0.15, 0.2) is 18.3 Å². The Hall–Kier alpha value is -2.68. The second-order valence-corrected chi connectivity index (χ2v) is 7.47. The van der Waals surface area contributed by atoms with Gasteiger partial charge in [0.1, 0.15) is 28.4 Å². The molecule has 0 amide bonds. The van der Waals surface area contributed by atoms with Gasteiger partial charge in [0.25, 0.3) is 0 Å². The molecule has 154 valence electrons. The topological polar surface area (TPSA) is 96.3 Å². The Balaban J connectivity index is 1.73. The minimum absolute atomic E-state index is 0.0181. The maximum absolute atomic E-state index is 12.7. The minimum atomic E-state index is -4.49. The van der Waals surface area contributed by atoms with Crippen molar-refractivity contribution in [2.75, 3.05) is 18.1 Å². The summed E-state index contributed by atoms with van der Waals surface area (Å²) in [6.07, 6.45) is 2.98. The Morgan fingerprint density at radius 3 is 2.66 bits per heavy atom. The van der Waals surface area contributed by atoms with Crippen LogP contribution in [0, 0.1) is 5.92 Å². The fourth-order valence-electron chi connectivity index (χ4n) is 3.20. The monoisotopic (exact) mass is 426 g/mol. The molecule has 1 aliphatic heterocycles. The standard InChI is InChI=1S/C19H18ClF3N4O2/c20-15-14(28-8-19(21,22)23)6-10(5-11-7-26-18(25)27-17(11)24)12-3-4-13(9-1-2-9)29-16(12)15/h3-4,6-7,9,13H,1-2,5,8H2,(H4,24,25,26,27). The van der Waals surface area contributed by atoms with Crippen LogP contribution in [-0.4, -0.2) is 28.9 Å². The average Bonchev–Trinajstić information content (AvgIpc) is 3.49. The van der Waals surface area contributed by atoms with E-state index in [1.165, 1.54) is 12.3 Å². The van der Waals surface area contributed by atoms with Crippen LogP contribution in [-0.2, 0) is 6.42 Å². The van der Waals surface area contributed by atoms with Crippen molar-refractivity contribution in [1.29, 1.82) is 0 Å². The lowest BCUT2D eigenvalue weighted by Gasteiger charge is -2.26. The van der Waals surface area contributed by atoms with Crippen molar-refractivity contribution in [2.24, 2.45) is 5.92 Å². The van der Waals surface area contributed by atoms with Gasteiger partial charge < -0.3 is 20.9 Å². The van der Waals surface area contributed by atoms with Crippen LogP contribution >= 0.6 is 11.6 Å². The maximum atomic E-state index is 12.7. The number of hydrogen-bond donors (Lipinski definition) is 2. The molecule has 4 rings (SSSR count). The van der Waals surface area contributed by atoms with Crippen molar-refractivity contribution in [3.8, 4) is 11.5 Å². The van der Waals surface area contributed by atoms with Gasteiger partial charge in [-0.1, -0.05) is 17.7 Å². The van der Waals surface area contributed by atoms with E-state index in [1.807, 2.05) is 12.2 Å². The Morgan fingerprint density at radius 2 is 2.00 bits per heavy atom. The van der Waals surface area contributed by atoms with E-state index in [1.54, 1.807) is 0 Å². The Morgan fingerprint density at radius 1 is 1.24 bits per heavy atom. The Labute approximate surface area is 169 Å². The van der Waals surface area contributed by atoms with Gasteiger partial charge in [-0.2, -0.15) is 18.2 Å². The Kier molecular flexibility index (Phi) is 4.94. The van der Waals surface area contributed by atoms with E-state index in [4.69, 9.17) is 32.5 Å². The average molecular weight is 427 g/mol. The summed E-state index contributed by atoms with van der Waals surface area (Å²) in [6, 6.07) is 1.47. The number of fused-ring (bicyclic) bond motifs is 1. The molecule has 0 saturated heterocycles. The van der Waals surface area contributed by atoms with Crippen molar-refractivity contribution in [1.82, 2.24) is 9.97 Å². The van der Waals surface area contributed by atoms with Crippen molar-refractivity contribution in [3.63, 3.8) is 0 Å². The molecule has 1 saturated carbocycles. The highest BCUT2D eigenvalue weighted by Gasteiger charge is 2.35. The highest BCUT2D eigenvalue weighted by molar-refractivity contribution is 6.34. The van der Waals surface area contributed by atoms with Gasteiger partial charge >= 0.3 is 6.18 Å². The first-order chi connectivity index (χ1) is 13.7. The number of alkyl halides is 3. The maximum Gasteiger partial charge on any atom is 0.422 e. The zero-order valence-electron chi connectivity index (χ0n) is 15.2. The number of aromatic nitrogens is 2. The molecule has 4 N–H and O–H groups in total. The number of hydrogen-bond acceptors (Lipinski definition) is 6. The van der Waals surface area contributed by atoms with E-state index in [9.17, 15) is 13.2 Å². The predicted molar refractivity (Wildman–Crippen MR) is 103 cm³/mol. The molecule has 10 heteroatoms. The van der Waals surface area contributed by atoms with E-state index in [0.29, 0.717) is 28.4 Å². The Bertz CT molecular complexity index is 977. The summed E-state index contributed by atoms with van der Waals surface area (Å²) in [6.45, 7) is -1.46. The summed E-state index contributed by atoms with van der Waals surface area (Å²) in [5.41, 5.74) is 13.3. The molecule has 2 aromatic rings. The summed E-state index contributed by atoms with van der Waals surface area (Å²) in [5.74, 6) is 0.831. The molecule has 1 fully saturated rings. The van der Waals surface area contributed by atoms with Crippen LogP contribution in [0.4, 0.5) is 24.9 Å². The molecule has 2 heterocycles. The second kappa shape index (κ2) is 7.29. The second-order valence-electron chi connectivity index (χ2n) is 7.09. The van der Waals surface area contributed by atoms with E-state index >= 15 is 0 Å². The molecule has 6 nitrogen and oxygen atoms in total. The van der Waals surface area contributed by atoms with Crippen LogP contribution in [0.5, 0.6) is 11.5 Å². The fraction of sp³-hybridized carbons (Fsp3) is 0.368. The lowest BCUT2D eigenvalue weighted by Crippen LogP contribution is -2.22. The van der Waals surface area contributed by atoms with E-state index < -0.39 is 12.8 Å². The highest BCUT2D eigenvalue weighted by Crippen LogP contribution is 2.46. The number of nitrogens with zero attached hydrogens (tertiary/aromatic N) is 2. The summed E-state index contributed by atoms with van der Waals surface area (Å²) < 4.78 is 49.0. The van der Waals surface area contributed by atoms with Gasteiger partial charge in [0.15, 0.2) is 6.61 Å². The number of nitrogens with two attached hydrogens (primary N) is 2. The largest absolute Gasteiger partial charge is 0.484 e. The molecule has 2 aliphatic rings. The first-order valence-corrected chi connectivity index (χ1v) is 9.35. The molecular formula is C19H18ClF3N4O2. The third-order valence-corrected chi connectivity index (χ3v) is 5.15. The first-order valence-electron chi connectivity index (χ1n) is 8.98. The molecular weight excluding hydrogens is 409 g/mol. The molecule has 0 spiro atoms. The fourth-order valence-corrected chi connectivity index (χ4v) is 3.46. The molecule has 1 unspecified atom stereocenters. The van der Waals surface area contributed by atoms with Crippen molar-refractivity contribution in [3.05, 3.63) is 40.1 Å². The van der Waals surface area contributed by atoms with Crippen molar-refractivity contribution >= 4 is 29.4 Å². The smallest absolute Gasteiger partial charge is 0.422 e. The number of ether oxygens (including phenoxy) is 2. The molecule has 1 aliphatic carbocycles. The summed E-state index contributed by atoms with van der Waals surface area (Å²) in [4.78, 5) is 7.85. The van der Waals surface area contributed by atoms with Crippen LogP contribution in [0.1, 0.15) is 29.5 Å². The molecule has 29 heavy (non-hydrogen) atoms. The van der Waals surface area contributed by atoms with Gasteiger partial charge in [0.05, 0.1) is 0 Å². The number of anilines is 2. The van der Waals surface area contributed by atoms with Crippen LogP contribution in [0.25, 0.3) is 6.08 Å². The minimum Gasteiger partial charge on any atom is -0.484 e. The third-order valence-electron chi connectivity index (χ3n) is 4.79. The number of halogens is 4. The lowest BCUT2D eigenvalue weighted by molar-refractivity contribution is -0.153. The first kappa shape index (κ1) is 19.6. The van der Waals surface area contributed by atoms with Gasteiger partial charge in [-0.3, -0.25) is 0 Å². The lowest BCUT2D eigenvalue weighted by atomic mass is 9.96. The number of benzene rings is 1. The highest BCUT2D eigenvalue weighted by atomic mass is 35.5.